The van der Waals surface area contributed by atoms with E-state index in [1.54, 1.807) is 4.57 Å². The molecule has 3 aromatic heterocycles. The number of aromatic nitrogens is 5. The lowest BCUT2D eigenvalue weighted by Gasteiger charge is -2.13. The van der Waals surface area contributed by atoms with Gasteiger partial charge in [0.05, 0.1) is 22.3 Å². The van der Waals surface area contributed by atoms with Crippen LogP contribution in [0.1, 0.15) is 39.8 Å². The van der Waals surface area contributed by atoms with E-state index in [1.807, 2.05) is 80.6 Å². The quantitative estimate of drug-likeness (QED) is 0.248. The maximum atomic E-state index is 13.6. The van der Waals surface area contributed by atoms with Crippen molar-refractivity contribution in [1.82, 2.24) is 23.7 Å². The number of nitrogens with zero attached hydrogens (tertiary/aromatic N) is 5. The molecule has 178 valence electrons. The van der Waals surface area contributed by atoms with Gasteiger partial charge in [0.1, 0.15) is 0 Å². The normalized spacial score (nSPS) is 11.6. The molecular weight excluding hydrogens is 458 g/mol. The summed E-state index contributed by atoms with van der Waals surface area (Å²) in [5.74, 6) is 0.706. The zero-order valence-corrected chi connectivity index (χ0v) is 21.3. The first kappa shape index (κ1) is 23.1. The van der Waals surface area contributed by atoms with Crippen molar-refractivity contribution in [3.05, 3.63) is 87.0 Å². The van der Waals surface area contributed by atoms with E-state index in [1.165, 1.54) is 11.8 Å². The van der Waals surface area contributed by atoms with Crippen LogP contribution in [0.4, 0.5) is 0 Å². The highest BCUT2D eigenvalue weighted by atomic mass is 32.2. The lowest BCUT2D eigenvalue weighted by Crippen LogP contribution is -2.22. The average Bonchev–Trinajstić information content (AvgIpc) is 3.39. The summed E-state index contributed by atoms with van der Waals surface area (Å²) in [6.45, 7) is 10.9. The number of hydrogen-bond acceptors (Lipinski definition) is 5. The van der Waals surface area contributed by atoms with Gasteiger partial charge in [-0.2, -0.15) is 0 Å². The van der Waals surface area contributed by atoms with Gasteiger partial charge in [-0.05, 0) is 64.4 Å². The maximum absolute atomic E-state index is 13.6. The van der Waals surface area contributed by atoms with Crippen LogP contribution in [-0.2, 0) is 6.54 Å². The lowest BCUT2D eigenvalue weighted by molar-refractivity contribution is 0.102. The molecule has 0 saturated carbocycles. The fourth-order valence-electron chi connectivity index (χ4n) is 4.82. The number of fused-ring (bicyclic) bond motifs is 3. The average molecular weight is 486 g/mol. The molecule has 2 aromatic carbocycles. The summed E-state index contributed by atoms with van der Waals surface area (Å²) in [7, 11) is 0. The van der Waals surface area contributed by atoms with Crippen LogP contribution in [0, 0.1) is 27.7 Å². The third-order valence-corrected chi connectivity index (χ3v) is 7.44. The van der Waals surface area contributed by atoms with Gasteiger partial charge in [0.2, 0.25) is 5.78 Å². The molecule has 7 nitrogen and oxygen atoms in total. The van der Waals surface area contributed by atoms with Gasteiger partial charge >= 0.3 is 0 Å². The van der Waals surface area contributed by atoms with E-state index in [4.69, 9.17) is 0 Å². The van der Waals surface area contributed by atoms with Crippen molar-refractivity contribution in [2.75, 3.05) is 5.75 Å². The summed E-state index contributed by atoms with van der Waals surface area (Å²) in [5.41, 5.74) is 6.24. The van der Waals surface area contributed by atoms with E-state index in [-0.39, 0.29) is 17.1 Å². The number of carbonyl (C=O) groups excluding carboxylic acids is 1. The Labute approximate surface area is 207 Å². The molecule has 0 amide bonds. The molecule has 0 unspecified atom stereocenters. The van der Waals surface area contributed by atoms with Crippen molar-refractivity contribution in [3.8, 4) is 5.69 Å². The third-order valence-electron chi connectivity index (χ3n) is 6.51. The number of Topliss-reactive ketones (excluding diaryl/α,β-unsaturated/α-hetero) is 1. The summed E-state index contributed by atoms with van der Waals surface area (Å²) in [6, 6.07) is 15.4. The molecule has 0 aliphatic heterocycles. The smallest absolute Gasteiger partial charge is 0.267 e. The molecule has 0 fully saturated rings. The Balaban J connectivity index is 1.63. The standard InChI is InChI=1S/C27H27N5O2S/c1-6-30-18(4)14-21(19(30)5)24(33)15-35-27-29-28-26-31(22-12-11-16(2)13-17(22)3)25(34)20-9-7-8-10-23(20)32(26)27/h7-14H,6,15H2,1-5H3. The van der Waals surface area contributed by atoms with Crippen LogP contribution in [0.25, 0.3) is 22.4 Å². The number of benzene rings is 2. The fraction of sp³-hybridized carbons (Fsp3) is 0.259. The lowest BCUT2D eigenvalue weighted by atomic mass is 10.1. The molecule has 35 heavy (non-hydrogen) atoms. The van der Waals surface area contributed by atoms with Gasteiger partial charge < -0.3 is 4.57 Å². The third kappa shape index (κ3) is 3.78. The monoisotopic (exact) mass is 485 g/mol. The van der Waals surface area contributed by atoms with Crippen LogP contribution in [0.3, 0.4) is 0 Å². The molecule has 0 spiro atoms. The summed E-state index contributed by atoms with van der Waals surface area (Å²) in [4.78, 5) is 26.7. The maximum Gasteiger partial charge on any atom is 0.267 e. The van der Waals surface area contributed by atoms with Crippen LogP contribution in [0.5, 0.6) is 0 Å². The zero-order chi connectivity index (χ0) is 24.9. The summed E-state index contributed by atoms with van der Waals surface area (Å²) >= 11 is 1.34. The second-order valence-corrected chi connectivity index (χ2v) is 9.75. The van der Waals surface area contributed by atoms with E-state index in [9.17, 15) is 9.59 Å². The number of carbonyl (C=O) groups is 1. The molecule has 0 radical (unpaired) electrons. The number of aryl methyl sites for hydroxylation is 3. The first-order chi connectivity index (χ1) is 16.8. The Morgan fingerprint density at radius 3 is 2.49 bits per heavy atom. The van der Waals surface area contributed by atoms with Gasteiger partial charge in [0, 0.05) is 23.5 Å². The molecule has 8 heteroatoms. The van der Waals surface area contributed by atoms with Crippen molar-refractivity contribution in [3.63, 3.8) is 0 Å². The van der Waals surface area contributed by atoms with E-state index in [0.29, 0.717) is 16.3 Å². The van der Waals surface area contributed by atoms with Gasteiger partial charge in [0.15, 0.2) is 10.9 Å². The highest BCUT2D eigenvalue weighted by Gasteiger charge is 2.21. The molecule has 3 heterocycles. The molecule has 0 aliphatic rings. The minimum absolute atomic E-state index is 0.0477. The van der Waals surface area contributed by atoms with Gasteiger partial charge in [-0.3, -0.25) is 14.0 Å². The fourth-order valence-corrected chi connectivity index (χ4v) is 5.65. The van der Waals surface area contributed by atoms with E-state index in [2.05, 4.69) is 21.7 Å². The van der Waals surface area contributed by atoms with E-state index >= 15 is 0 Å². The van der Waals surface area contributed by atoms with Crippen LogP contribution < -0.4 is 5.56 Å². The second kappa shape index (κ2) is 8.85. The Morgan fingerprint density at radius 1 is 1.00 bits per heavy atom. The van der Waals surface area contributed by atoms with Gasteiger partial charge in [-0.15, -0.1) is 10.2 Å². The Kier molecular flexibility index (Phi) is 5.84. The Morgan fingerprint density at radius 2 is 1.77 bits per heavy atom. The molecule has 0 bridgehead atoms. The van der Waals surface area contributed by atoms with Crippen LogP contribution >= 0.6 is 11.8 Å². The van der Waals surface area contributed by atoms with Crippen molar-refractivity contribution in [1.29, 1.82) is 0 Å². The zero-order valence-electron chi connectivity index (χ0n) is 20.5. The van der Waals surface area contributed by atoms with Crippen LogP contribution in [-0.4, -0.2) is 35.3 Å². The Hall–Kier alpha value is -3.65. The summed E-state index contributed by atoms with van der Waals surface area (Å²) in [5, 5.41) is 9.96. The van der Waals surface area contributed by atoms with Crippen molar-refractivity contribution in [2.24, 2.45) is 0 Å². The topological polar surface area (TPSA) is 74.2 Å². The summed E-state index contributed by atoms with van der Waals surface area (Å²) in [6.07, 6.45) is 0. The first-order valence-corrected chi connectivity index (χ1v) is 12.6. The molecular formula is C27H27N5O2S. The van der Waals surface area contributed by atoms with E-state index in [0.717, 1.165) is 45.8 Å². The van der Waals surface area contributed by atoms with Gasteiger partial charge in [-0.1, -0.05) is 41.6 Å². The molecule has 0 aliphatic carbocycles. The number of hydrogen-bond donors (Lipinski definition) is 0. The highest BCUT2D eigenvalue weighted by molar-refractivity contribution is 7.99. The largest absolute Gasteiger partial charge is 0.349 e. The highest BCUT2D eigenvalue weighted by Crippen LogP contribution is 2.26. The van der Waals surface area contributed by atoms with Crippen molar-refractivity contribution < 1.29 is 4.79 Å². The predicted molar refractivity (Wildman–Crippen MR) is 140 cm³/mol. The van der Waals surface area contributed by atoms with Crippen LogP contribution in [0.2, 0.25) is 0 Å². The van der Waals surface area contributed by atoms with Gasteiger partial charge in [-0.25, -0.2) is 4.57 Å². The van der Waals surface area contributed by atoms with Crippen molar-refractivity contribution in [2.45, 2.75) is 46.3 Å². The molecule has 0 N–H and O–H groups in total. The molecule has 5 aromatic rings. The number of rotatable bonds is 6. The molecule has 0 atom stereocenters. The molecule has 5 rings (SSSR count). The van der Waals surface area contributed by atoms with E-state index < -0.39 is 0 Å². The summed E-state index contributed by atoms with van der Waals surface area (Å²) < 4.78 is 5.63. The predicted octanol–water partition coefficient (Wildman–Crippen LogP) is 5.06. The SMILES string of the molecule is CCn1c(C)cc(C(=O)CSc2nnc3n(-c4ccc(C)cc4C)c(=O)c4ccccc4n23)c1C. The number of thioether (sulfide) groups is 1. The minimum atomic E-state index is -0.146. The Bertz CT molecular complexity index is 1680. The van der Waals surface area contributed by atoms with Crippen molar-refractivity contribution >= 4 is 34.2 Å². The first-order valence-electron chi connectivity index (χ1n) is 11.6. The van der Waals surface area contributed by atoms with Gasteiger partial charge in [0.25, 0.3) is 5.56 Å². The van der Waals surface area contributed by atoms with Crippen LogP contribution in [0.15, 0.2) is 58.5 Å². The number of ketones is 1. The minimum Gasteiger partial charge on any atom is -0.349 e. The number of para-hydroxylation sites is 1. The molecule has 0 saturated heterocycles. The second-order valence-electron chi connectivity index (χ2n) is 8.81.